The molecule has 2 N–H and O–H groups in total. The molecule has 1 atom stereocenters. The molecule has 2 aromatic rings. The maximum absolute atomic E-state index is 12.0. The van der Waals surface area contributed by atoms with Gasteiger partial charge in [0.15, 0.2) is 5.82 Å². The first kappa shape index (κ1) is 18.4. The summed E-state index contributed by atoms with van der Waals surface area (Å²) in [7, 11) is 0. The van der Waals surface area contributed by atoms with Crippen LogP contribution in [0.5, 0.6) is 0 Å². The molecule has 1 amide bonds. The molecule has 0 saturated carbocycles. The van der Waals surface area contributed by atoms with Crippen molar-refractivity contribution in [3.05, 3.63) is 24.5 Å². The standard InChI is InChI=1S/C17H25N5OS/c1-3-4-5-6-7-13(2)19-15(23)12-24-17-20-16(21-22-17)14-8-10-18-11-9-14/h8-11,13H,3-7,12H2,1-2H3,(H,19,23)(H,20,21,22)/t13-/m1/s1. The van der Waals surface area contributed by atoms with Gasteiger partial charge >= 0.3 is 0 Å². The molecule has 0 aliphatic heterocycles. The predicted octanol–water partition coefficient (Wildman–Crippen LogP) is 3.43. The summed E-state index contributed by atoms with van der Waals surface area (Å²) < 4.78 is 0. The molecule has 0 fully saturated rings. The first-order valence-corrected chi connectivity index (χ1v) is 9.42. The van der Waals surface area contributed by atoms with Gasteiger partial charge in [0.1, 0.15) is 0 Å². The Kier molecular flexibility index (Phi) is 7.74. The van der Waals surface area contributed by atoms with Gasteiger partial charge in [0, 0.05) is 24.0 Å². The molecule has 130 valence electrons. The van der Waals surface area contributed by atoms with E-state index in [0.29, 0.717) is 16.7 Å². The lowest BCUT2D eigenvalue weighted by molar-refractivity contribution is -0.119. The van der Waals surface area contributed by atoms with Gasteiger partial charge in [-0.05, 0) is 25.5 Å². The van der Waals surface area contributed by atoms with Gasteiger partial charge in [-0.1, -0.05) is 44.4 Å². The number of carbonyl (C=O) groups is 1. The van der Waals surface area contributed by atoms with Crippen LogP contribution < -0.4 is 5.32 Å². The van der Waals surface area contributed by atoms with Crippen molar-refractivity contribution in [1.82, 2.24) is 25.5 Å². The van der Waals surface area contributed by atoms with Crippen molar-refractivity contribution in [1.29, 1.82) is 0 Å². The third-order valence-corrected chi connectivity index (χ3v) is 4.50. The molecule has 0 aliphatic rings. The van der Waals surface area contributed by atoms with E-state index in [1.807, 2.05) is 12.1 Å². The number of aromatic amines is 1. The van der Waals surface area contributed by atoms with Crippen LogP contribution in [0.2, 0.25) is 0 Å². The zero-order valence-corrected chi connectivity index (χ0v) is 15.1. The Morgan fingerprint density at radius 3 is 2.83 bits per heavy atom. The molecule has 0 aromatic carbocycles. The quantitative estimate of drug-likeness (QED) is 0.508. The summed E-state index contributed by atoms with van der Waals surface area (Å²) in [5.41, 5.74) is 0.925. The second-order valence-electron chi connectivity index (χ2n) is 5.81. The molecule has 0 unspecified atom stereocenters. The molecule has 2 heterocycles. The minimum absolute atomic E-state index is 0.0262. The third kappa shape index (κ3) is 6.31. The highest BCUT2D eigenvalue weighted by molar-refractivity contribution is 7.99. The number of rotatable bonds is 10. The predicted molar refractivity (Wildman–Crippen MR) is 96.7 cm³/mol. The largest absolute Gasteiger partial charge is 0.353 e. The third-order valence-electron chi connectivity index (χ3n) is 3.65. The van der Waals surface area contributed by atoms with Gasteiger partial charge in [-0.2, -0.15) is 0 Å². The number of aromatic nitrogens is 4. The van der Waals surface area contributed by atoms with E-state index in [-0.39, 0.29) is 11.9 Å². The highest BCUT2D eigenvalue weighted by Gasteiger charge is 2.11. The van der Waals surface area contributed by atoms with Crippen molar-refractivity contribution in [2.75, 3.05) is 5.75 Å². The molecule has 24 heavy (non-hydrogen) atoms. The Labute approximate surface area is 147 Å². The molecule has 6 nitrogen and oxygen atoms in total. The van der Waals surface area contributed by atoms with Gasteiger partial charge in [-0.25, -0.2) is 4.98 Å². The maximum atomic E-state index is 12.0. The minimum Gasteiger partial charge on any atom is -0.353 e. The molecule has 7 heteroatoms. The molecule has 0 saturated heterocycles. The van der Waals surface area contributed by atoms with Crippen LogP contribution in [-0.4, -0.2) is 37.9 Å². The topological polar surface area (TPSA) is 83.6 Å². The van der Waals surface area contributed by atoms with Crippen molar-refractivity contribution >= 4 is 17.7 Å². The molecule has 0 aliphatic carbocycles. The monoisotopic (exact) mass is 347 g/mol. The number of carbonyl (C=O) groups excluding carboxylic acids is 1. The summed E-state index contributed by atoms with van der Waals surface area (Å²) in [6.45, 7) is 4.26. The molecule has 0 spiro atoms. The maximum Gasteiger partial charge on any atom is 0.230 e. The van der Waals surface area contributed by atoms with E-state index in [2.05, 4.69) is 39.3 Å². The minimum atomic E-state index is 0.0262. The smallest absolute Gasteiger partial charge is 0.230 e. The Morgan fingerprint density at radius 2 is 2.08 bits per heavy atom. The highest BCUT2D eigenvalue weighted by Crippen LogP contribution is 2.18. The summed E-state index contributed by atoms with van der Waals surface area (Å²) in [5.74, 6) is 1.04. The Morgan fingerprint density at radius 1 is 1.29 bits per heavy atom. The van der Waals surface area contributed by atoms with Crippen LogP contribution >= 0.6 is 11.8 Å². The van der Waals surface area contributed by atoms with Gasteiger partial charge in [0.2, 0.25) is 11.1 Å². The van der Waals surface area contributed by atoms with Crippen LogP contribution in [0.4, 0.5) is 0 Å². The van der Waals surface area contributed by atoms with Crippen molar-refractivity contribution in [2.45, 2.75) is 57.1 Å². The molecular weight excluding hydrogens is 322 g/mol. The van der Waals surface area contributed by atoms with E-state index >= 15 is 0 Å². The second kappa shape index (κ2) is 10.1. The van der Waals surface area contributed by atoms with Crippen LogP contribution in [0.15, 0.2) is 29.7 Å². The van der Waals surface area contributed by atoms with E-state index < -0.39 is 0 Å². The number of H-pyrrole nitrogens is 1. The van der Waals surface area contributed by atoms with Gasteiger partial charge in [0.25, 0.3) is 0 Å². The fourth-order valence-electron chi connectivity index (χ4n) is 2.35. The molecule has 0 radical (unpaired) electrons. The van der Waals surface area contributed by atoms with E-state index in [4.69, 9.17) is 0 Å². The average molecular weight is 347 g/mol. The van der Waals surface area contributed by atoms with Gasteiger partial charge in [-0.3, -0.25) is 14.9 Å². The van der Waals surface area contributed by atoms with Gasteiger partial charge in [0.05, 0.1) is 5.75 Å². The van der Waals surface area contributed by atoms with Gasteiger partial charge < -0.3 is 5.32 Å². The fourth-order valence-corrected chi connectivity index (χ4v) is 2.96. The number of nitrogens with zero attached hydrogens (tertiary/aromatic N) is 3. The Hall–Kier alpha value is -1.89. The summed E-state index contributed by atoms with van der Waals surface area (Å²) >= 11 is 1.34. The summed E-state index contributed by atoms with van der Waals surface area (Å²) in [6, 6.07) is 3.94. The van der Waals surface area contributed by atoms with E-state index in [9.17, 15) is 4.79 Å². The van der Waals surface area contributed by atoms with Crippen molar-refractivity contribution < 1.29 is 4.79 Å². The zero-order chi connectivity index (χ0) is 17.2. The number of amides is 1. The van der Waals surface area contributed by atoms with Crippen molar-refractivity contribution in [2.24, 2.45) is 0 Å². The number of nitrogens with one attached hydrogen (secondary N) is 2. The number of thioether (sulfide) groups is 1. The normalized spacial score (nSPS) is 12.1. The Bertz CT molecular complexity index is 616. The lowest BCUT2D eigenvalue weighted by atomic mass is 10.1. The van der Waals surface area contributed by atoms with E-state index in [1.165, 1.54) is 37.4 Å². The van der Waals surface area contributed by atoms with Gasteiger partial charge in [-0.15, -0.1) is 5.10 Å². The van der Waals surface area contributed by atoms with Crippen molar-refractivity contribution in [3.8, 4) is 11.4 Å². The summed E-state index contributed by atoms with van der Waals surface area (Å²) in [4.78, 5) is 20.4. The number of pyridine rings is 1. The van der Waals surface area contributed by atoms with Crippen LogP contribution in [0, 0.1) is 0 Å². The number of hydrogen-bond donors (Lipinski definition) is 2. The number of hydrogen-bond acceptors (Lipinski definition) is 5. The van der Waals surface area contributed by atoms with Crippen LogP contribution in [0.25, 0.3) is 11.4 Å². The summed E-state index contributed by atoms with van der Waals surface area (Å²) in [6.07, 6.45) is 9.35. The lowest BCUT2D eigenvalue weighted by Gasteiger charge is -2.13. The van der Waals surface area contributed by atoms with Crippen molar-refractivity contribution in [3.63, 3.8) is 0 Å². The fraction of sp³-hybridized carbons (Fsp3) is 0.529. The average Bonchev–Trinajstić information content (AvgIpc) is 3.07. The summed E-state index contributed by atoms with van der Waals surface area (Å²) in [5, 5.41) is 10.6. The van der Waals surface area contributed by atoms with Crippen LogP contribution in [-0.2, 0) is 4.79 Å². The molecule has 2 rings (SSSR count). The second-order valence-corrected chi connectivity index (χ2v) is 6.75. The molecular formula is C17H25N5OS. The first-order valence-electron chi connectivity index (χ1n) is 8.44. The lowest BCUT2D eigenvalue weighted by Crippen LogP contribution is -2.33. The van der Waals surface area contributed by atoms with Crippen LogP contribution in [0.3, 0.4) is 0 Å². The number of unbranched alkanes of at least 4 members (excludes halogenated alkanes) is 3. The van der Waals surface area contributed by atoms with Crippen LogP contribution in [0.1, 0.15) is 46.0 Å². The van der Waals surface area contributed by atoms with E-state index in [0.717, 1.165) is 12.0 Å². The first-order chi connectivity index (χ1) is 11.7. The molecule has 0 bridgehead atoms. The SMILES string of the molecule is CCCCCC[C@@H](C)NC(=O)CSc1n[nH]c(-c2ccncc2)n1. The van der Waals surface area contributed by atoms with E-state index in [1.54, 1.807) is 12.4 Å². The molecule has 2 aromatic heterocycles. The highest BCUT2D eigenvalue weighted by atomic mass is 32.2. The Balaban J connectivity index is 1.71. The zero-order valence-electron chi connectivity index (χ0n) is 14.3.